The molecule has 1 unspecified atom stereocenters. The van der Waals surface area contributed by atoms with E-state index in [1.807, 2.05) is 0 Å². The van der Waals surface area contributed by atoms with Gasteiger partial charge in [0, 0.05) is 19.3 Å². The molecule has 0 radical (unpaired) electrons. The fourth-order valence-electron chi connectivity index (χ4n) is 8.80. The van der Waals surface area contributed by atoms with Crippen LogP contribution in [0.4, 0.5) is 0 Å². The summed E-state index contributed by atoms with van der Waals surface area (Å²) in [7, 11) is 0. The molecule has 0 heterocycles. The molecular formula is C76H122O6. The van der Waals surface area contributed by atoms with Crippen LogP contribution in [-0.2, 0) is 28.6 Å². The minimum absolute atomic E-state index is 0.0937. The molecule has 0 fully saturated rings. The highest BCUT2D eigenvalue weighted by molar-refractivity contribution is 5.71. The molecule has 6 heteroatoms. The normalized spacial score (nSPS) is 13.2. The molecule has 0 aromatic rings. The number of unbranched alkanes of at least 4 members (excludes halogenated alkanes) is 22. The van der Waals surface area contributed by atoms with Gasteiger partial charge in [0.2, 0.25) is 0 Å². The second-order valence-corrected chi connectivity index (χ2v) is 21.6. The first-order chi connectivity index (χ1) is 40.5. The highest BCUT2D eigenvalue weighted by Crippen LogP contribution is 2.15. The van der Waals surface area contributed by atoms with Crippen LogP contribution in [0.5, 0.6) is 0 Å². The first-order valence-corrected chi connectivity index (χ1v) is 33.5. The number of hydrogen-bond acceptors (Lipinski definition) is 6. The van der Waals surface area contributed by atoms with Crippen LogP contribution in [0.25, 0.3) is 0 Å². The number of hydrogen-bond donors (Lipinski definition) is 0. The monoisotopic (exact) mass is 1130 g/mol. The summed E-state index contributed by atoms with van der Waals surface area (Å²) < 4.78 is 16.9. The summed E-state index contributed by atoms with van der Waals surface area (Å²) in [6.07, 6.45) is 99.7. The molecule has 0 rings (SSSR count). The lowest BCUT2D eigenvalue weighted by Gasteiger charge is -2.18. The SMILES string of the molecule is CC/C=C\C/C=C\C/C=C\C/C=C\C/C=C\C/C=C\C/C=C\CCCCCCCCCC(=O)OCC(COC(=O)CCCCCCC/C=C\CCC)OC(=O)CCCCCCCCCCC/C=C\C/C=C\C/C=C\C/C=C\C/C=C\CC. The summed E-state index contributed by atoms with van der Waals surface area (Å²) in [5.74, 6) is -0.922. The van der Waals surface area contributed by atoms with Crippen LogP contribution in [0.2, 0.25) is 0 Å². The summed E-state index contributed by atoms with van der Waals surface area (Å²) in [6, 6.07) is 0. The third kappa shape index (κ3) is 65.8. The Balaban J connectivity index is 4.31. The van der Waals surface area contributed by atoms with Gasteiger partial charge in [-0.25, -0.2) is 0 Å². The summed E-state index contributed by atoms with van der Waals surface area (Å²) in [5.41, 5.74) is 0. The quantitative estimate of drug-likeness (QED) is 0.0261. The number of carbonyl (C=O) groups is 3. The van der Waals surface area contributed by atoms with E-state index in [1.54, 1.807) is 0 Å². The van der Waals surface area contributed by atoms with Crippen molar-refractivity contribution in [1.82, 2.24) is 0 Å². The van der Waals surface area contributed by atoms with E-state index in [9.17, 15) is 14.4 Å². The smallest absolute Gasteiger partial charge is 0.306 e. The highest BCUT2D eigenvalue weighted by Gasteiger charge is 2.19. The third-order valence-electron chi connectivity index (χ3n) is 13.7. The van der Waals surface area contributed by atoms with Crippen molar-refractivity contribution in [2.75, 3.05) is 13.2 Å². The predicted octanol–water partition coefficient (Wildman–Crippen LogP) is 23.3. The average Bonchev–Trinajstić information content (AvgIpc) is 3.48. The van der Waals surface area contributed by atoms with Crippen molar-refractivity contribution in [3.63, 3.8) is 0 Å². The van der Waals surface area contributed by atoms with Crippen LogP contribution in [0.15, 0.2) is 158 Å². The fourth-order valence-corrected chi connectivity index (χ4v) is 8.80. The molecule has 1 atom stereocenters. The van der Waals surface area contributed by atoms with Gasteiger partial charge in [0.15, 0.2) is 6.10 Å². The van der Waals surface area contributed by atoms with Crippen molar-refractivity contribution in [3.8, 4) is 0 Å². The number of ether oxygens (including phenoxy) is 3. The van der Waals surface area contributed by atoms with Crippen molar-refractivity contribution in [3.05, 3.63) is 158 Å². The van der Waals surface area contributed by atoms with Crippen LogP contribution >= 0.6 is 0 Å². The van der Waals surface area contributed by atoms with Crippen molar-refractivity contribution in [1.29, 1.82) is 0 Å². The molecule has 462 valence electrons. The number of rotatable bonds is 59. The van der Waals surface area contributed by atoms with E-state index < -0.39 is 6.10 Å². The zero-order valence-corrected chi connectivity index (χ0v) is 52.9. The van der Waals surface area contributed by atoms with Crippen molar-refractivity contribution < 1.29 is 28.6 Å². The molecule has 0 spiro atoms. The molecule has 0 aromatic heterocycles. The van der Waals surface area contributed by atoms with Crippen LogP contribution in [0, 0.1) is 0 Å². The van der Waals surface area contributed by atoms with Gasteiger partial charge in [0.05, 0.1) is 0 Å². The first-order valence-electron chi connectivity index (χ1n) is 33.5. The summed E-state index contributed by atoms with van der Waals surface area (Å²) in [5, 5.41) is 0. The van der Waals surface area contributed by atoms with Crippen LogP contribution < -0.4 is 0 Å². The van der Waals surface area contributed by atoms with Gasteiger partial charge in [0.1, 0.15) is 13.2 Å². The zero-order chi connectivity index (χ0) is 59.2. The summed E-state index contributed by atoms with van der Waals surface area (Å²) in [4.78, 5) is 38.3. The van der Waals surface area contributed by atoms with Gasteiger partial charge in [-0.15, -0.1) is 0 Å². The van der Waals surface area contributed by atoms with Crippen molar-refractivity contribution in [2.24, 2.45) is 0 Å². The Labute approximate surface area is 505 Å². The molecular weight excluding hydrogens is 1010 g/mol. The van der Waals surface area contributed by atoms with Gasteiger partial charge in [-0.1, -0.05) is 281 Å². The lowest BCUT2D eigenvalue weighted by Crippen LogP contribution is -2.30. The molecule has 0 aliphatic rings. The topological polar surface area (TPSA) is 78.9 Å². The van der Waals surface area contributed by atoms with E-state index in [2.05, 4.69) is 179 Å². The number of esters is 3. The molecule has 0 bridgehead atoms. The molecule has 0 amide bonds. The minimum atomic E-state index is -0.798. The Morgan fingerprint density at radius 1 is 0.256 bits per heavy atom. The Kier molecular flexibility index (Phi) is 64.4. The van der Waals surface area contributed by atoms with E-state index >= 15 is 0 Å². The van der Waals surface area contributed by atoms with Gasteiger partial charge < -0.3 is 14.2 Å². The van der Waals surface area contributed by atoms with E-state index in [1.165, 1.54) is 77.0 Å². The predicted molar refractivity (Wildman–Crippen MR) is 357 cm³/mol. The molecule has 82 heavy (non-hydrogen) atoms. The molecule has 0 saturated carbocycles. The summed E-state index contributed by atoms with van der Waals surface area (Å²) in [6.45, 7) is 6.33. The van der Waals surface area contributed by atoms with E-state index in [4.69, 9.17) is 14.2 Å². The maximum absolute atomic E-state index is 12.9. The van der Waals surface area contributed by atoms with Crippen molar-refractivity contribution in [2.45, 2.75) is 290 Å². The van der Waals surface area contributed by atoms with E-state index in [0.717, 1.165) is 167 Å². The fraction of sp³-hybridized carbons (Fsp3) is 0.618. The Morgan fingerprint density at radius 2 is 0.476 bits per heavy atom. The minimum Gasteiger partial charge on any atom is -0.462 e. The van der Waals surface area contributed by atoms with E-state index in [0.29, 0.717) is 19.3 Å². The van der Waals surface area contributed by atoms with Gasteiger partial charge in [-0.3, -0.25) is 14.4 Å². The highest BCUT2D eigenvalue weighted by atomic mass is 16.6. The molecule has 0 saturated heterocycles. The summed E-state index contributed by atoms with van der Waals surface area (Å²) >= 11 is 0. The van der Waals surface area contributed by atoms with Gasteiger partial charge in [0.25, 0.3) is 0 Å². The molecule has 0 aromatic carbocycles. The van der Waals surface area contributed by atoms with Crippen LogP contribution in [-0.4, -0.2) is 37.2 Å². The standard InChI is InChI=1S/C76H122O6/c1-4-7-10-13-16-19-22-24-26-28-30-32-34-36-37-38-39-41-42-44-46-48-50-52-54-57-60-63-66-69-75(78)81-72-73(71-80-74(77)68-65-62-59-56-21-18-15-12-9-6-3)82-76(79)70-67-64-61-58-55-53-51-49-47-45-43-40-35-33-31-29-27-25-23-20-17-14-11-8-5-2/h7-8,10-12,15-17,19-20,24-27,30-33,36-37,39-41,43-44,46,73H,4-6,9,13-14,18,21-23,28-29,34-35,38,42,45,47-72H2,1-3H3/b10-7-,11-8-,15-12-,19-16-,20-17-,26-24-,27-25-,32-30-,33-31-,37-36-,41-39-,43-40-,46-44-. The van der Waals surface area contributed by atoms with Gasteiger partial charge in [-0.05, 0) is 141 Å². The zero-order valence-electron chi connectivity index (χ0n) is 52.9. The van der Waals surface area contributed by atoms with Crippen LogP contribution in [0.1, 0.15) is 284 Å². The van der Waals surface area contributed by atoms with Crippen molar-refractivity contribution >= 4 is 17.9 Å². The largest absolute Gasteiger partial charge is 0.462 e. The maximum Gasteiger partial charge on any atom is 0.306 e. The molecule has 6 nitrogen and oxygen atoms in total. The lowest BCUT2D eigenvalue weighted by atomic mass is 10.1. The number of carbonyl (C=O) groups excluding carboxylic acids is 3. The third-order valence-corrected chi connectivity index (χ3v) is 13.7. The first kappa shape index (κ1) is 77.0. The molecule has 0 N–H and O–H groups in total. The second-order valence-electron chi connectivity index (χ2n) is 21.6. The second kappa shape index (κ2) is 68.5. The average molecular weight is 1130 g/mol. The molecule has 0 aliphatic heterocycles. The Hall–Kier alpha value is -4.97. The Bertz CT molecular complexity index is 1830. The van der Waals surface area contributed by atoms with Crippen LogP contribution in [0.3, 0.4) is 0 Å². The molecule has 0 aliphatic carbocycles. The lowest BCUT2D eigenvalue weighted by molar-refractivity contribution is -0.167. The van der Waals surface area contributed by atoms with Gasteiger partial charge in [-0.2, -0.15) is 0 Å². The van der Waals surface area contributed by atoms with E-state index in [-0.39, 0.29) is 31.1 Å². The Morgan fingerprint density at radius 3 is 0.756 bits per heavy atom. The maximum atomic E-state index is 12.9. The number of allylic oxidation sites excluding steroid dienone is 26. The van der Waals surface area contributed by atoms with Gasteiger partial charge >= 0.3 is 17.9 Å².